The molecular weight excluding hydrogens is 339 g/mol. The molecule has 0 bridgehead atoms. The van der Waals surface area contributed by atoms with Gasteiger partial charge in [0.25, 0.3) is 0 Å². The van der Waals surface area contributed by atoms with E-state index >= 15 is 0 Å². The Morgan fingerprint density at radius 1 is 1.12 bits per heavy atom. The molecule has 0 aliphatic rings. The highest BCUT2D eigenvalue weighted by Crippen LogP contribution is 2.22. The molecule has 0 saturated heterocycles. The fourth-order valence-corrected chi connectivity index (χ4v) is 2.25. The van der Waals surface area contributed by atoms with E-state index in [0.29, 0.717) is 18.0 Å². The number of halogens is 1. The molecule has 0 radical (unpaired) electrons. The first-order valence-corrected chi connectivity index (χ1v) is 8.04. The summed E-state index contributed by atoms with van der Waals surface area (Å²) >= 11 is 0. The van der Waals surface area contributed by atoms with E-state index in [-0.39, 0.29) is 24.2 Å². The number of hydrogen-bond donors (Lipinski definition) is 2. The van der Waals surface area contributed by atoms with Crippen LogP contribution in [0.2, 0.25) is 0 Å². The lowest BCUT2D eigenvalue weighted by molar-refractivity contribution is -0.129. The summed E-state index contributed by atoms with van der Waals surface area (Å²) in [5, 5.41) is 5.27. The molecule has 2 rings (SSSR count). The van der Waals surface area contributed by atoms with Gasteiger partial charge >= 0.3 is 0 Å². The fourth-order valence-electron chi connectivity index (χ4n) is 2.25. The average Bonchev–Trinajstić information content (AvgIpc) is 2.60. The van der Waals surface area contributed by atoms with Crippen LogP contribution in [0.4, 0.5) is 4.39 Å². The van der Waals surface area contributed by atoms with Crippen molar-refractivity contribution in [2.45, 2.75) is 19.5 Å². The summed E-state index contributed by atoms with van der Waals surface area (Å²) in [4.78, 5) is 23.2. The van der Waals surface area contributed by atoms with Crippen LogP contribution in [0.5, 0.6) is 11.5 Å². The quantitative estimate of drug-likeness (QED) is 0.758. The van der Waals surface area contributed by atoms with E-state index in [2.05, 4.69) is 10.6 Å². The van der Waals surface area contributed by atoms with Crippen LogP contribution in [0.3, 0.4) is 0 Å². The molecule has 0 fully saturated rings. The summed E-state index contributed by atoms with van der Waals surface area (Å²) in [6.45, 7) is 1.72. The second-order valence-corrected chi connectivity index (χ2v) is 5.63. The van der Waals surface area contributed by atoms with Gasteiger partial charge in [-0.05, 0) is 29.8 Å². The Morgan fingerprint density at radius 3 is 2.46 bits per heavy atom. The molecule has 0 aromatic heterocycles. The summed E-state index contributed by atoms with van der Waals surface area (Å²) in [7, 11) is 1.46. The third-order valence-electron chi connectivity index (χ3n) is 3.45. The van der Waals surface area contributed by atoms with Crippen LogP contribution in [0.15, 0.2) is 48.5 Å². The van der Waals surface area contributed by atoms with Crippen LogP contribution in [-0.4, -0.2) is 31.6 Å². The third kappa shape index (κ3) is 6.18. The molecular formula is C19H21FN2O4. The Bertz CT molecular complexity index is 749. The van der Waals surface area contributed by atoms with Crippen molar-refractivity contribution in [2.24, 2.45) is 0 Å². The Morgan fingerprint density at radius 2 is 1.85 bits per heavy atom. The van der Waals surface area contributed by atoms with Crippen molar-refractivity contribution in [2.75, 3.05) is 13.7 Å². The predicted octanol–water partition coefficient (Wildman–Crippen LogP) is 2.39. The van der Waals surface area contributed by atoms with Gasteiger partial charge in [-0.2, -0.15) is 0 Å². The number of amides is 2. The van der Waals surface area contributed by atoms with E-state index in [1.54, 1.807) is 36.4 Å². The molecule has 1 unspecified atom stereocenters. The van der Waals surface area contributed by atoms with Gasteiger partial charge in [-0.3, -0.25) is 9.59 Å². The molecule has 0 saturated carbocycles. The Hall–Kier alpha value is -2.93. The van der Waals surface area contributed by atoms with Gasteiger partial charge in [0.05, 0.1) is 6.61 Å². The van der Waals surface area contributed by atoms with E-state index in [9.17, 15) is 14.0 Å². The number of nitrogens with one attached hydrogen (secondary N) is 2. The van der Waals surface area contributed by atoms with Gasteiger partial charge in [0, 0.05) is 26.6 Å². The molecule has 26 heavy (non-hydrogen) atoms. The van der Waals surface area contributed by atoms with E-state index in [0.717, 1.165) is 5.56 Å². The van der Waals surface area contributed by atoms with E-state index in [4.69, 9.17) is 9.47 Å². The summed E-state index contributed by atoms with van der Waals surface area (Å²) < 4.78 is 23.7. The average molecular weight is 360 g/mol. The molecule has 2 N–H and O–H groups in total. The maximum Gasteiger partial charge on any atom is 0.245 e. The molecule has 2 aromatic rings. The molecule has 6 nitrogen and oxygen atoms in total. The Balaban J connectivity index is 1.90. The maximum atomic E-state index is 13.2. The lowest BCUT2D eigenvalue weighted by Crippen LogP contribution is -2.48. The van der Waals surface area contributed by atoms with Crippen molar-refractivity contribution >= 4 is 11.8 Å². The van der Waals surface area contributed by atoms with Crippen molar-refractivity contribution in [3.63, 3.8) is 0 Å². The zero-order chi connectivity index (χ0) is 18.9. The second kappa shape index (κ2) is 9.53. The fraction of sp³-hybridized carbons (Fsp3) is 0.263. The first kappa shape index (κ1) is 19.4. The van der Waals surface area contributed by atoms with Gasteiger partial charge in [-0.15, -0.1) is 0 Å². The van der Waals surface area contributed by atoms with Crippen molar-refractivity contribution in [3.8, 4) is 11.5 Å². The minimum Gasteiger partial charge on any atom is -0.457 e. The minimum atomic E-state index is -0.743. The summed E-state index contributed by atoms with van der Waals surface area (Å²) in [5.41, 5.74) is 0.851. The first-order valence-electron chi connectivity index (χ1n) is 8.04. The molecule has 1 atom stereocenters. The zero-order valence-electron chi connectivity index (χ0n) is 14.6. The molecule has 2 amide bonds. The molecule has 7 heteroatoms. The van der Waals surface area contributed by atoms with Crippen LogP contribution < -0.4 is 15.4 Å². The third-order valence-corrected chi connectivity index (χ3v) is 3.45. The summed E-state index contributed by atoms with van der Waals surface area (Å²) in [6.07, 6.45) is 0. The largest absolute Gasteiger partial charge is 0.457 e. The number of methoxy groups -OCH3 is 1. The van der Waals surface area contributed by atoms with Crippen LogP contribution in [-0.2, 0) is 20.9 Å². The molecule has 138 valence electrons. The second-order valence-electron chi connectivity index (χ2n) is 5.63. The van der Waals surface area contributed by atoms with Crippen molar-refractivity contribution in [3.05, 3.63) is 59.9 Å². The number of rotatable bonds is 8. The van der Waals surface area contributed by atoms with E-state index < -0.39 is 6.04 Å². The Labute approximate surface area is 151 Å². The van der Waals surface area contributed by atoms with Crippen LogP contribution >= 0.6 is 0 Å². The molecule has 0 spiro atoms. The van der Waals surface area contributed by atoms with Gasteiger partial charge in [-0.1, -0.05) is 18.2 Å². The highest BCUT2D eigenvalue weighted by atomic mass is 19.1. The Kier molecular flexibility index (Phi) is 7.11. The normalized spacial score (nSPS) is 11.5. The number of hydrogen-bond acceptors (Lipinski definition) is 4. The van der Waals surface area contributed by atoms with Gasteiger partial charge in [-0.25, -0.2) is 4.39 Å². The lowest BCUT2D eigenvalue weighted by Gasteiger charge is -2.16. The van der Waals surface area contributed by atoms with Crippen LogP contribution in [0.1, 0.15) is 12.5 Å². The topological polar surface area (TPSA) is 76.7 Å². The zero-order valence-corrected chi connectivity index (χ0v) is 14.6. The van der Waals surface area contributed by atoms with Crippen LogP contribution in [0, 0.1) is 5.82 Å². The van der Waals surface area contributed by atoms with Gasteiger partial charge in [0.2, 0.25) is 11.8 Å². The summed E-state index contributed by atoms with van der Waals surface area (Å²) in [5.74, 6) is -0.0419. The van der Waals surface area contributed by atoms with E-state index in [1.165, 1.54) is 26.2 Å². The lowest BCUT2D eigenvalue weighted by atomic mass is 10.2. The number of carbonyl (C=O) groups excluding carboxylic acids is 2. The predicted molar refractivity (Wildman–Crippen MR) is 94.2 cm³/mol. The smallest absolute Gasteiger partial charge is 0.245 e. The number of ether oxygens (including phenoxy) is 2. The highest BCUT2D eigenvalue weighted by Gasteiger charge is 2.18. The van der Waals surface area contributed by atoms with Gasteiger partial charge in [0.15, 0.2) is 0 Å². The molecule has 0 aliphatic heterocycles. The van der Waals surface area contributed by atoms with Crippen molar-refractivity contribution in [1.82, 2.24) is 10.6 Å². The van der Waals surface area contributed by atoms with Gasteiger partial charge < -0.3 is 20.1 Å². The van der Waals surface area contributed by atoms with Crippen LogP contribution in [0.25, 0.3) is 0 Å². The van der Waals surface area contributed by atoms with Gasteiger partial charge in [0.1, 0.15) is 23.4 Å². The van der Waals surface area contributed by atoms with Crippen molar-refractivity contribution < 1.29 is 23.5 Å². The summed E-state index contributed by atoms with van der Waals surface area (Å²) in [6, 6.07) is 12.2. The number of benzene rings is 2. The SMILES string of the molecule is COCC(NC(C)=O)C(=O)NCc1ccc(Oc2cccc(F)c2)cc1. The molecule has 0 heterocycles. The number of carbonyl (C=O) groups is 2. The minimum absolute atomic E-state index is 0.0891. The molecule has 2 aromatic carbocycles. The maximum absolute atomic E-state index is 13.2. The first-order chi connectivity index (χ1) is 12.5. The highest BCUT2D eigenvalue weighted by molar-refractivity contribution is 5.86. The molecule has 0 aliphatic carbocycles. The van der Waals surface area contributed by atoms with Crippen molar-refractivity contribution in [1.29, 1.82) is 0 Å². The monoisotopic (exact) mass is 360 g/mol. The van der Waals surface area contributed by atoms with E-state index in [1.807, 2.05) is 0 Å². The standard InChI is InChI=1S/C19H21FN2O4/c1-13(23)22-18(12-25-2)19(24)21-11-14-6-8-16(9-7-14)26-17-5-3-4-15(20)10-17/h3-10,18H,11-12H2,1-2H3,(H,21,24)(H,22,23).